The van der Waals surface area contributed by atoms with Gasteiger partial charge in [0.25, 0.3) is 0 Å². The van der Waals surface area contributed by atoms with Crippen LogP contribution < -0.4 is 10.6 Å². The van der Waals surface area contributed by atoms with Gasteiger partial charge in [-0.05, 0) is 57.5 Å². The summed E-state index contributed by atoms with van der Waals surface area (Å²) in [6.07, 6.45) is 16.9. The third-order valence-corrected chi connectivity index (χ3v) is 7.07. The number of nitrogens with zero attached hydrogens (tertiary/aromatic N) is 1. The zero-order valence-electron chi connectivity index (χ0n) is 17.1. The van der Waals surface area contributed by atoms with E-state index in [0.29, 0.717) is 12.3 Å². The molecule has 0 radical (unpaired) electrons. The third kappa shape index (κ3) is 6.20. The molecule has 1 saturated heterocycles. The van der Waals surface area contributed by atoms with Gasteiger partial charge in [0, 0.05) is 18.5 Å². The molecule has 5 nitrogen and oxygen atoms in total. The first-order chi connectivity index (χ1) is 13.2. The number of likely N-dealkylation sites (tertiary alicyclic amines) is 1. The highest BCUT2D eigenvalue weighted by atomic mass is 16.2. The maximum Gasteiger partial charge on any atom is 0.239 e. The van der Waals surface area contributed by atoms with E-state index in [4.69, 9.17) is 0 Å². The van der Waals surface area contributed by atoms with E-state index in [0.717, 1.165) is 19.4 Å². The van der Waals surface area contributed by atoms with Gasteiger partial charge < -0.3 is 10.6 Å². The van der Waals surface area contributed by atoms with Crippen molar-refractivity contribution in [3.63, 3.8) is 0 Å². The fourth-order valence-electron chi connectivity index (χ4n) is 5.41. The summed E-state index contributed by atoms with van der Waals surface area (Å²) in [6, 6.07) is 0. The van der Waals surface area contributed by atoms with E-state index in [-0.39, 0.29) is 23.9 Å². The molecule has 0 bridgehead atoms. The van der Waals surface area contributed by atoms with E-state index in [2.05, 4.69) is 15.5 Å². The zero-order valence-corrected chi connectivity index (χ0v) is 17.1. The Morgan fingerprint density at radius 2 is 1.41 bits per heavy atom. The normalized spacial score (nSPS) is 24.3. The second-order valence-corrected chi connectivity index (χ2v) is 9.09. The second-order valence-electron chi connectivity index (χ2n) is 9.09. The number of carbonyl (C=O) groups excluding carboxylic acids is 2. The lowest BCUT2D eigenvalue weighted by atomic mass is 9.79. The van der Waals surface area contributed by atoms with Crippen LogP contribution in [-0.4, -0.2) is 48.4 Å². The van der Waals surface area contributed by atoms with E-state index in [9.17, 15) is 9.59 Å². The number of carbonyl (C=O) groups is 2. The third-order valence-electron chi connectivity index (χ3n) is 7.07. The predicted molar refractivity (Wildman–Crippen MR) is 108 cm³/mol. The first kappa shape index (κ1) is 20.6. The van der Waals surface area contributed by atoms with Crippen LogP contribution in [-0.2, 0) is 9.59 Å². The van der Waals surface area contributed by atoms with Crippen LogP contribution >= 0.6 is 0 Å². The Labute approximate surface area is 165 Å². The SMILES string of the molecule is O=C(CNC(=O)CC1CCCCC1)NCC1(N2CCCCC2)CCCCC1. The molecule has 0 aromatic heterocycles. The average molecular weight is 378 g/mol. The molecule has 0 unspecified atom stereocenters. The number of nitrogens with one attached hydrogen (secondary N) is 2. The number of hydrogen-bond donors (Lipinski definition) is 2. The maximum atomic E-state index is 12.4. The van der Waals surface area contributed by atoms with Crippen molar-refractivity contribution < 1.29 is 9.59 Å². The minimum Gasteiger partial charge on any atom is -0.353 e. The van der Waals surface area contributed by atoms with Crippen LogP contribution in [0.25, 0.3) is 0 Å². The van der Waals surface area contributed by atoms with Crippen molar-refractivity contribution in [1.82, 2.24) is 15.5 Å². The van der Waals surface area contributed by atoms with Crippen LogP contribution in [0.5, 0.6) is 0 Å². The summed E-state index contributed by atoms with van der Waals surface area (Å²) in [6.45, 7) is 3.22. The molecule has 2 N–H and O–H groups in total. The maximum absolute atomic E-state index is 12.4. The lowest BCUT2D eigenvalue weighted by molar-refractivity contribution is -0.127. The lowest BCUT2D eigenvalue weighted by Gasteiger charge is -2.48. The second kappa shape index (κ2) is 10.4. The quantitative estimate of drug-likeness (QED) is 0.715. The minimum atomic E-state index is -0.0334. The highest BCUT2D eigenvalue weighted by molar-refractivity contribution is 5.84. The largest absolute Gasteiger partial charge is 0.353 e. The molecule has 3 fully saturated rings. The number of piperidine rings is 1. The van der Waals surface area contributed by atoms with Gasteiger partial charge in [0.15, 0.2) is 0 Å². The van der Waals surface area contributed by atoms with Gasteiger partial charge in [0.2, 0.25) is 11.8 Å². The van der Waals surface area contributed by atoms with Crippen molar-refractivity contribution in [3.8, 4) is 0 Å². The fourth-order valence-corrected chi connectivity index (χ4v) is 5.41. The first-order valence-electron chi connectivity index (χ1n) is 11.5. The van der Waals surface area contributed by atoms with Gasteiger partial charge in [-0.25, -0.2) is 0 Å². The van der Waals surface area contributed by atoms with Crippen molar-refractivity contribution >= 4 is 11.8 Å². The summed E-state index contributed by atoms with van der Waals surface area (Å²) in [5, 5.41) is 6.00. The number of hydrogen-bond acceptors (Lipinski definition) is 3. The van der Waals surface area contributed by atoms with E-state index in [1.807, 2.05) is 0 Å². The average Bonchev–Trinajstić information content (AvgIpc) is 2.73. The molecule has 0 aromatic rings. The summed E-state index contributed by atoms with van der Waals surface area (Å²) >= 11 is 0. The Morgan fingerprint density at radius 1 is 0.778 bits per heavy atom. The van der Waals surface area contributed by atoms with Gasteiger partial charge in [-0.3, -0.25) is 14.5 Å². The Morgan fingerprint density at radius 3 is 2.11 bits per heavy atom. The summed E-state index contributed by atoms with van der Waals surface area (Å²) in [5.41, 5.74) is 0.153. The molecule has 3 rings (SSSR count). The molecular weight excluding hydrogens is 338 g/mol. The molecule has 0 aromatic carbocycles. The summed E-state index contributed by atoms with van der Waals surface area (Å²) in [7, 11) is 0. The molecule has 154 valence electrons. The summed E-state index contributed by atoms with van der Waals surface area (Å²) in [4.78, 5) is 27.1. The van der Waals surface area contributed by atoms with Gasteiger partial charge in [0.1, 0.15) is 0 Å². The van der Waals surface area contributed by atoms with Gasteiger partial charge >= 0.3 is 0 Å². The van der Waals surface area contributed by atoms with Crippen LogP contribution in [0.15, 0.2) is 0 Å². The first-order valence-corrected chi connectivity index (χ1v) is 11.5. The molecular formula is C22H39N3O2. The van der Waals surface area contributed by atoms with Gasteiger partial charge in [0.05, 0.1) is 6.54 Å². The highest BCUT2D eigenvalue weighted by Gasteiger charge is 2.38. The van der Waals surface area contributed by atoms with Gasteiger partial charge in [-0.1, -0.05) is 44.9 Å². The van der Waals surface area contributed by atoms with Gasteiger partial charge in [-0.15, -0.1) is 0 Å². The summed E-state index contributed by atoms with van der Waals surface area (Å²) < 4.78 is 0. The molecule has 0 atom stereocenters. The number of amides is 2. The standard InChI is InChI=1S/C22H39N3O2/c26-20(16-19-10-4-1-5-11-19)23-17-21(27)24-18-22(12-6-2-7-13-22)25-14-8-3-9-15-25/h19H,1-18H2,(H,23,26)(H,24,27). The molecule has 0 spiro atoms. The molecule has 1 heterocycles. The molecule has 2 aliphatic carbocycles. The van der Waals surface area contributed by atoms with Gasteiger partial charge in [-0.2, -0.15) is 0 Å². The van der Waals surface area contributed by atoms with Crippen LogP contribution in [0.4, 0.5) is 0 Å². The fraction of sp³-hybridized carbons (Fsp3) is 0.909. The van der Waals surface area contributed by atoms with Crippen LogP contribution in [0.1, 0.15) is 89.9 Å². The monoisotopic (exact) mass is 377 g/mol. The lowest BCUT2D eigenvalue weighted by Crippen LogP contribution is -2.58. The molecule has 2 amide bonds. The Kier molecular flexibility index (Phi) is 7.98. The van der Waals surface area contributed by atoms with Crippen molar-refractivity contribution in [2.24, 2.45) is 5.92 Å². The molecule has 27 heavy (non-hydrogen) atoms. The van der Waals surface area contributed by atoms with Crippen LogP contribution in [0.2, 0.25) is 0 Å². The van der Waals surface area contributed by atoms with E-state index >= 15 is 0 Å². The zero-order chi connectivity index (χ0) is 19.0. The van der Waals surface area contributed by atoms with Crippen LogP contribution in [0, 0.1) is 5.92 Å². The topological polar surface area (TPSA) is 61.4 Å². The molecule has 2 saturated carbocycles. The van der Waals surface area contributed by atoms with Crippen molar-refractivity contribution in [2.45, 2.75) is 95.4 Å². The van der Waals surface area contributed by atoms with E-state index in [1.54, 1.807) is 0 Å². The van der Waals surface area contributed by atoms with Crippen LogP contribution in [0.3, 0.4) is 0 Å². The number of rotatable bonds is 7. The molecule has 1 aliphatic heterocycles. The Hall–Kier alpha value is -1.10. The Balaban J connectivity index is 1.41. The molecule has 3 aliphatic rings. The smallest absolute Gasteiger partial charge is 0.239 e. The minimum absolute atomic E-state index is 0.0334. The van der Waals surface area contributed by atoms with E-state index in [1.165, 1.54) is 83.7 Å². The van der Waals surface area contributed by atoms with E-state index < -0.39 is 0 Å². The Bertz CT molecular complexity index is 476. The van der Waals surface area contributed by atoms with Crippen molar-refractivity contribution in [3.05, 3.63) is 0 Å². The highest BCUT2D eigenvalue weighted by Crippen LogP contribution is 2.35. The summed E-state index contributed by atoms with van der Waals surface area (Å²) in [5.74, 6) is 0.529. The van der Waals surface area contributed by atoms with Crippen molar-refractivity contribution in [2.75, 3.05) is 26.2 Å². The molecule has 5 heteroatoms. The van der Waals surface area contributed by atoms with Crippen molar-refractivity contribution in [1.29, 1.82) is 0 Å². The predicted octanol–water partition coefficient (Wildman–Crippen LogP) is 3.38.